The number of hydrogen-bond acceptors (Lipinski definition) is 10. The van der Waals surface area contributed by atoms with Gasteiger partial charge in [-0.25, -0.2) is 19.9 Å². The molecule has 2 aliphatic rings. The topological polar surface area (TPSA) is 120 Å². The van der Waals surface area contributed by atoms with Crippen molar-refractivity contribution in [2.75, 3.05) is 49.6 Å². The Labute approximate surface area is 198 Å². The Morgan fingerprint density at radius 3 is 2.59 bits per heavy atom. The van der Waals surface area contributed by atoms with Crippen LogP contribution in [-0.4, -0.2) is 80.5 Å². The first-order valence-electron chi connectivity index (χ1n) is 11.9. The number of morpholine rings is 1. The van der Waals surface area contributed by atoms with E-state index >= 15 is 0 Å². The van der Waals surface area contributed by atoms with Crippen LogP contribution in [0.5, 0.6) is 0 Å². The Bertz CT molecular complexity index is 1110. The molecule has 0 spiro atoms. The third-order valence-corrected chi connectivity index (χ3v) is 6.33. The molecule has 3 N–H and O–H groups in total. The number of likely N-dealkylation sites (tertiary alicyclic amines) is 1. The SMILES string of the molecule is C[C@@H](O)c1cc2cnc(Nc3ccc(CN4CCC(O)CC4)cn3)nc2c(N2CCOCC2)n1. The number of pyridine rings is 2. The van der Waals surface area contributed by atoms with Gasteiger partial charge in [0.2, 0.25) is 5.95 Å². The van der Waals surface area contributed by atoms with E-state index in [4.69, 9.17) is 14.7 Å². The molecule has 2 fully saturated rings. The Hall–Kier alpha value is -2.92. The van der Waals surface area contributed by atoms with E-state index in [9.17, 15) is 10.2 Å². The van der Waals surface area contributed by atoms with E-state index in [2.05, 4.69) is 31.2 Å². The van der Waals surface area contributed by atoms with Gasteiger partial charge in [-0.2, -0.15) is 0 Å². The summed E-state index contributed by atoms with van der Waals surface area (Å²) in [6, 6.07) is 5.82. The van der Waals surface area contributed by atoms with Crippen molar-refractivity contribution in [3.05, 3.63) is 41.9 Å². The van der Waals surface area contributed by atoms with Gasteiger partial charge < -0.3 is 25.2 Å². The van der Waals surface area contributed by atoms with Gasteiger partial charge in [0.1, 0.15) is 11.3 Å². The van der Waals surface area contributed by atoms with Crippen LogP contribution < -0.4 is 10.2 Å². The fourth-order valence-corrected chi connectivity index (χ4v) is 4.35. The van der Waals surface area contributed by atoms with E-state index in [-0.39, 0.29) is 6.10 Å². The van der Waals surface area contributed by atoms with Gasteiger partial charge in [-0.15, -0.1) is 0 Å². The van der Waals surface area contributed by atoms with Gasteiger partial charge >= 0.3 is 0 Å². The molecule has 0 saturated carbocycles. The molecule has 180 valence electrons. The summed E-state index contributed by atoms with van der Waals surface area (Å²) in [5.41, 5.74) is 2.46. The number of piperidine rings is 1. The standard InChI is InChI=1S/C24H31N7O3/c1-16(32)20-12-18-14-26-24(29-22(18)23(27-20)31-8-10-34-11-9-31)28-21-3-2-17(13-25-21)15-30-6-4-19(33)5-7-30/h2-3,12-14,16,19,32-33H,4-11,15H2,1H3,(H,25,26,28,29)/t16-/m1/s1. The van der Waals surface area contributed by atoms with Crippen molar-refractivity contribution in [2.24, 2.45) is 0 Å². The summed E-state index contributed by atoms with van der Waals surface area (Å²) in [4.78, 5) is 22.9. The van der Waals surface area contributed by atoms with Crippen molar-refractivity contribution in [1.29, 1.82) is 0 Å². The maximum atomic E-state index is 10.1. The van der Waals surface area contributed by atoms with Crippen LogP contribution in [0.3, 0.4) is 0 Å². The second-order valence-corrected chi connectivity index (χ2v) is 8.96. The molecular formula is C24H31N7O3. The predicted molar refractivity (Wildman–Crippen MR) is 129 cm³/mol. The third kappa shape index (κ3) is 5.25. The second kappa shape index (κ2) is 10.1. The van der Waals surface area contributed by atoms with Crippen molar-refractivity contribution >= 4 is 28.5 Å². The molecule has 2 saturated heterocycles. The molecule has 0 bridgehead atoms. The number of aliphatic hydroxyl groups is 2. The van der Waals surface area contributed by atoms with E-state index < -0.39 is 6.10 Å². The number of hydrogen-bond donors (Lipinski definition) is 3. The predicted octanol–water partition coefficient (Wildman–Crippen LogP) is 2.01. The molecule has 10 heteroatoms. The van der Waals surface area contributed by atoms with Crippen molar-refractivity contribution in [1.82, 2.24) is 24.8 Å². The molecule has 34 heavy (non-hydrogen) atoms. The molecule has 1 atom stereocenters. The number of rotatable bonds is 6. The molecule has 2 aliphatic heterocycles. The third-order valence-electron chi connectivity index (χ3n) is 6.33. The highest BCUT2D eigenvalue weighted by Gasteiger charge is 2.20. The van der Waals surface area contributed by atoms with Crippen molar-refractivity contribution < 1.29 is 14.9 Å². The highest BCUT2D eigenvalue weighted by molar-refractivity contribution is 5.89. The quantitative estimate of drug-likeness (QED) is 0.499. The van der Waals surface area contributed by atoms with Gasteiger partial charge in [-0.3, -0.25) is 4.90 Å². The summed E-state index contributed by atoms with van der Waals surface area (Å²) in [6.45, 7) is 7.04. The Kier molecular flexibility index (Phi) is 6.82. The fraction of sp³-hybridized carbons (Fsp3) is 0.500. The van der Waals surface area contributed by atoms with Crippen molar-refractivity contribution in [3.63, 3.8) is 0 Å². The smallest absolute Gasteiger partial charge is 0.229 e. The summed E-state index contributed by atoms with van der Waals surface area (Å²) in [5, 5.41) is 23.8. The number of ether oxygens (including phenoxy) is 1. The Morgan fingerprint density at radius 1 is 1.09 bits per heavy atom. The molecule has 5 heterocycles. The normalized spacial score (nSPS) is 18.9. The molecule has 10 nitrogen and oxygen atoms in total. The zero-order chi connectivity index (χ0) is 23.5. The van der Waals surface area contributed by atoms with Crippen LogP contribution in [0.2, 0.25) is 0 Å². The van der Waals surface area contributed by atoms with Gasteiger partial charge in [0.05, 0.1) is 31.1 Å². The van der Waals surface area contributed by atoms with Crippen LogP contribution in [0.25, 0.3) is 10.9 Å². The molecule has 3 aromatic heterocycles. The lowest BCUT2D eigenvalue weighted by Gasteiger charge is -2.29. The van der Waals surface area contributed by atoms with Gasteiger partial charge in [0, 0.05) is 50.5 Å². The average Bonchev–Trinajstić information content (AvgIpc) is 2.86. The summed E-state index contributed by atoms with van der Waals surface area (Å²) in [7, 11) is 0. The highest BCUT2D eigenvalue weighted by atomic mass is 16.5. The lowest BCUT2D eigenvalue weighted by Crippen LogP contribution is -2.37. The zero-order valence-corrected chi connectivity index (χ0v) is 19.4. The van der Waals surface area contributed by atoms with Gasteiger partial charge in [-0.05, 0) is 37.5 Å². The molecule has 0 aliphatic carbocycles. The maximum Gasteiger partial charge on any atom is 0.229 e. The minimum atomic E-state index is -0.681. The van der Waals surface area contributed by atoms with E-state index in [0.29, 0.717) is 30.7 Å². The molecule has 5 rings (SSSR count). The first-order chi connectivity index (χ1) is 16.5. The highest BCUT2D eigenvalue weighted by Crippen LogP contribution is 2.28. The van der Waals surface area contributed by atoms with E-state index in [1.807, 2.05) is 18.3 Å². The number of aliphatic hydroxyl groups excluding tert-OH is 2. The molecular weight excluding hydrogens is 434 g/mol. The van der Waals surface area contributed by atoms with Gasteiger partial charge in [0.25, 0.3) is 0 Å². The molecule has 0 radical (unpaired) electrons. The fourth-order valence-electron chi connectivity index (χ4n) is 4.35. The first-order valence-corrected chi connectivity index (χ1v) is 11.9. The largest absolute Gasteiger partial charge is 0.393 e. The lowest BCUT2D eigenvalue weighted by atomic mass is 10.1. The monoisotopic (exact) mass is 465 g/mol. The van der Waals surface area contributed by atoms with E-state index in [1.165, 1.54) is 0 Å². The average molecular weight is 466 g/mol. The van der Waals surface area contributed by atoms with Crippen LogP contribution in [0, 0.1) is 0 Å². The van der Waals surface area contributed by atoms with Crippen LogP contribution >= 0.6 is 0 Å². The Balaban J connectivity index is 1.35. The van der Waals surface area contributed by atoms with Crippen LogP contribution in [-0.2, 0) is 11.3 Å². The molecule has 0 unspecified atom stereocenters. The molecule has 0 amide bonds. The summed E-state index contributed by atoms with van der Waals surface area (Å²) >= 11 is 0. The summed E-state index contributed by atoms with van der Waals surface area (Å²) < 4.78 is 5.49. The minimum absolute atomic E-state index is 0.166. The van der Waals surface area contributed by atoms with Gasteiger partial charge in [0.15, 0.2) is 5.82 Å². The van der Waals surface area contributed by atoms with Crippen molar-refractivity contribution in [2.45, 2.75) is 38.5 Å². The maximum absolute atomic E-state index is 10.1. The van der Waals surface area contributed by atoms with E-state index in [0.717, 1.165) is 67.8 Å². The number of aromatic nitrogens is 4. The molecule has 3 aromatic rings. The van der Waals surface area contributed by atoms with E-state index in [1.54, 1.807) is 13.1 Å². The number of nitrogens with zero attached hydrogens (tertiary/aromatic N) is 6. The number of nitrogens with one attached hydrogen (secondary N) is 1. The summed E-state index contributed by atoms with van der Waals surface area (Å²) in [5.74, 6) is 1.84. The van der Waals surface area contributed by atoms with Crippen LogP contribution in [0.4, 0.5) is 17.6 Å². The zero-order valence-electron chi connectivity index (χ0n) is 19.4. The molecule has 0 aromatic carbocycles. The number of anilines is 3. The summed E-state index contributed by atoms with van der Waals surface area (Å²) in [6.07, 6.45) is 4.42. The van der Waals surface area contributed by atoms with Gasteiger partial charge in [-0.1, -0.05) is 6.07 Å². The second-order valence-electron chi connectivity index (χ2n) is 8.96. The number of fused-ring (bicyclic) bond motifs is 1. The van der Waals surface area contributed by atoms with Crippen molar-refractivity contribution in [3.8, 4) is 0 Å². The Morgan fingerprint density at radius 2 is 1.88 bits per heavy atom. The lowest BCUT2D eigenvalue weighted by molar-refractivity contribution is 0.0792. The minimum Gasteiger partial charge on any atom is -0.393 e. The van der Waals surface area contributed by atoms with Crippen LogP contribution in [0.15, 0.2) is 30.6 Å². The van der Waals surface area contributed by atoms with Crippen LogP contribution in [0.1, 0.15) is 37.1 Å². The first kappa shape index (κ1) is 22.9.